The highest BCUT2D eigenvalue weighted by molar-refractivity contribution is 7.11. The number of aromatic nitrogens is 1. The number of hydrogen-bond donors (Lipinski definition) is 3. The van der Waals surface area contributed by atoms with Crippen LogP contribution in [0.15, 0.2) is 0 Å². The van der Waals surface area contributed by atoms with Gasteiger partial charge in [-0.3, -0.25) is 4.79 Å². The predicted octanol–water partition coefficient (Wildman–Crippen LogP) is 1.85. The van der Waals surface area contributed by atoms with Crippen molar-refractivity contribution in [2.75, 3.05) is 11.9 Å². The molecule has 1 amide bonds. The lowest BCUT2D eigenvalue weighted by Gasteiger charge is -2.28. The number of rotatable bonds is 6. The van der Waals surface area contributed by atoms with Crippen LogP contribution in [-0.4, -0.2) is 27.9 Å². The molecule has 1 heterocycles. The quantitative estimate of drug-likeness (QED) is 0.739. The van der Waals surface area contributed by atoms with Gasteiger partial charge in [-0.05, 0) is 31.3 Å². The molecule has 0 aliphatic heterocycles. The van der Waals surface area contributed by atoms with Gasteiger partial charge in [0.25, 0.3) is 0 Å². The number of amides is 1. The molecule has 0 saturated heterocycles. The molecule has 7 heteroatoms. The summed E-state index contributed by atoms with van der Waals surface area (Å²) < 4.78 is 3.97. The van der Waals surface area contributed by atoms with Crippen molar-refractivity contribution in [2.45, 2.75) is 33.6 Å². The third kappa shape index (κ3) is 2.93. The Hall–Kier alpha value is -1.47. The first-order chi connectivity index (χ1) is 8.91. The van der Waals surface area contributed by atoms with Gasteiger partial charge in [-0.25, -0.2) is 4.79 Å². The van der Waals surface area contributed by atoms with Crippen LogP contribution in [0.4, 0.5) is 5.00 Å². The Bertz CT molecular complexity index is 472. The van der Waals surface area contributed by atoms with Crippen molar-refractivity contribution in [3.05, 3.63) is 11.3 Å². The predicted molar refractivity (Wildman–Crippen MR) is 74.5 cm³/mol. The lowest BCUT2D eigenvalue weighted by atomic mass is 9.81. The second kappa shape index (κ2) is 6.12. The number of carbonyl (C=O) groups is 2. The molecule has 19 heavy (non-hydrogen) atoms. The second-order valence-electron chi connectivity index (χ2n) is 4.42. The fraction of sp³-hybridized carbons (Fsp3) is 0.583. The Kier molecular flexibility index (Phi) is 5.02. The summed E-state index contributed by atoms with van der Waals surface area (Å²) in [5, 5.41) is 12.0. The summed E-state index contributed by atoms with van der Waals surface area (Å²) in [7, 11) is 0. The lowest BCUT2D eigenvalue weighted by Crippen LogP contribution is -2.41. The van der Waals surface area contributed by atoms with E-state index in [2.05, 4.69) is 9.69 Å². The maximum Gasteiger partial charge on any atom is 0.340 e. The van der Waals surface area contributed by atoms with Crippen LogP contribution in [0.5, 0.6) is 0 Å². The van der Waals surface area contributed by atoms with Crippen LogP contribution >= 0.6 is 11.5 Å². The minimum absolute atomic E-state index is 0.0523. The Morgan fingerprint density at radius 3 is 2.42 bits per heavy atom. The number of nitrogens with zero attached hydrogens (tertiary/aromatic N) is 1. The summed E-state index contributed by atoms with van der Waals surface area (Å²) in [6, 6.07) is 0. The number of carboxylic acid groups (broad SMARTS) is 1. The Morgan fingerprint density at radius 1 is 1.42 bits per heavy atom. The van der Waals surface area contributed by atoms with Gasteiger partial charge in [0.1, 0.15) is 10.6 Å². The van der Waals surface area contributed by atoms with E-state index in [-0.39, 0.29) is 23.0 Å². The van der Waals surface area contributed by atoms with Gasteiger partial charge < -0.3 is 16.2 Å². The molecule has 0 saturated carbocycles. The summed E-state index contributed by atoms with van der Waals surface area (Å²) in [6.45, 7) is 5.62. The van der Waals surface area contributed by atoms with Gasteiger partial charge in [0.15, 0.2) is 0 Å². The molecular formula is C12H19N3O3S. The molecule has 0 aliphatic rings. The van der Waals surface area contributed by atoms with E-state index >= 15 is 0 Å². The van der Waals surface area contributed by atoms with Gasteiger partial charge >= 0.3 is 5.97 Å². The Balaban J connectivity index is 3.03. The highest BCUT2D eigenvalue weighted by Crippen LogP contribution is 2.30. The summed E-state index contributed by atoms with van der Waals surface area (Å²) in [5.74, 6) is -1.33. The summed E-state index contributed by atoms with van der Waals surface area (Å²) in [4.78, 5) is 23.4. The molecule has 6 nitrogen and oxygen atoms in total. The van der Waals surface area contributed by atoms with Crippen molar-refractivity contribution in [1.29, 1.82) is 0 Å². The third-order valence-electron chi connectivity index (χ3n) is 3.53. The van der Waals surface area contributed by atoms with Crippen molar-refractivity contribution in [3.63, 3.8) is 0 Å². The zero-order valence-electron chi connectivity index (χ0n) is 11.3. The van der Waals surface area contributed by atoms with Crippen LogP contribution in [0, 0.1) is 12.3 Å². The number of aromatic carboxylic acids is 1. The molecule has 4 N–H and O–H groups in total. The summed E-state index contributed by atoms with van der Waals surface area (Å²) in [5.41, 5.74) is 5.49. The molecule has 0 spiro atoms. The van der Waals surface area contributed by atoms with E-state index in [0.717, 1.165) is 11.5 Å². The van der Waals surface area contributed by atoms with Crippen molar-refractivity contribution >= 4 is 28.4 Å². The van der Waals surface area contributed by atoms with Gasteiger partial charge in [0.2, 0.25) is 5.91 Å². The monoisotopic (exact) mass is 285 g/mol. The molecule has 1 aromatic rings. The normalized spacial score (nSPS) is 11.4. The number of carbonyl (C=O) groups excluding carboxylic acids is 1. The van der Waals surface area contributed by atoms with E-state index in [4.69, 9.17) is 10.8 Å². The zero-order chi connectivity index (χ0) is 14.6. The van der Waals surface area contributed by atoms with Crippen LogP contribution in [0.1, 0.15) is 42.7 Å². The second-order valence-corrected chi connectivity index (χ2v) is 5.20. The van der Waals surface area contributed by atoms with Gasteiger partial charge in [-0.1, -0.05) is 13.8 Å². The molecule has 1 aromatic heterocycles. The van der Waals surface area contributed by atoms with E-state index in [1.54, 1.807) is 6.92 Å². The van der Waals surface area contributed by atoms with Gasteiger partial charge in [0.05, 0.1) is 11.1 Å². The molecule has 0 atom stereocenters. The Labute approximate surface area is 116 Å². The van der Waals surface area contributed by atoms with Crippen LogP contribution in [0.3, 0.4) is 0 Å². The Morgan fingerprint density at radius 2 is 2.00 bits per heavy atom. The average molecular weight is 285 g/mol. The van der Waals surface area contributed by atoms with Gasteiger partial charge in [-0.2, -0.15) is 4.37 Å². The minimum atomic E-state index is -1.09. The van der Waals surface area contributed by atoms with E-state index in [9.17, 15) is 9.59 Å². The van der Waals surface area contributed by atoms with Gasteiger partial charge in [-0.15, -0.1) is 0 Å². The largest absolute Gasteiger partial charge is 0.478 e. The van der Waals surface area contributed by atoms with E-state index < -0.39 is 11.4 Å². The van der Waals surface area contributed by atoms with Crippen LogP contribution < -0.4 is 11.1 Å². The first-order valence-corrected chi connectivity index (χ1v) is 6.90. The fourth-order valence-electron chi connectivity index (χ4n) is 1.90. The molecule has 0 unspecified atom stereocenters. The molecule has 0 aliphatic carbocycles. The van der Waals surface area contributed by atoms with E-state index in [1.165, 1.54) is 0 Å². The smallest absolute Gasteiger partial charge is 0.340 e. The van der Waals surface area contributed by atoms with Crippen molar-refractivity contribution in [3.8, 4) is 0 Å². The molecule has 0 fully saturated rings. The molecule has 106 valence electrons. The topological polar surface area (TPSA) is 105 Å². The third-order valence-corrected chi connectivity index (χ3v) is 4.38. The molecular weight excluding hydrogens is 266 g/mol. The molecule has 0 radical (unpaired) electrons. The van der Waals surface area contributed by atoms with E-state index in [1.807, 2.05) is 13.8 Å². The number of anilines is 1. The number of aryl methyl sites for hydroxylation is 1. The van der Waals surface area contributed by atoms with Crippen molar-refractivity contribution in [1.82, 2.24) is 4.37 Å². The molecule has 1 rings (SSSR count). The van der Waals surface area contributed by atoms with Crippen molar-refractivity contribution < 1.29 is 14.7 Å². The first-order valence-electron chi connectivity index (χ1n) is 6.13. The number of hydrogen-bond acceptors (Lipinski definition) is 5. The number of carboxylic acids is 1. The van der Waals surface area contributed by atoms with Crippen LogP contribution in [0.25, 0.3) is 0 Å². The van der Waals surface area contributed by atoms with E-state index in [0.29, 0.717) is 18.5 Å². The van der Waals surface area contributed by atoms with Crippen LogP contribution in [-0.2, 0) is 4.79 Å². The fourth-order valence-corrected chi connectivity index (χ4v) is 2.68. The summed E-state index contributed by atoms with van der Waals surface area (Å²) >= 11 is 0.977. The lowest BCUT2D eigenvalue weighted by molar-refractivity contribution is -0.125. The standard InChI is InChI=1S/C12H19N3O3S/c1-4-12(5-2,6-13)11(18)14-9-8(10(16)17)7(3)15-19-9/h4-6,13H2,1-3H3,(H,14,18)(H,16,17). The average Bonchev–Trinajstić information content (AvgIpc) is 2.73. The SMILES string of the molecule is CCC(CC)(CN)C(=O)Nc1snc(C)c1C(=O)O. The minimum Gasteiger partial charge on any atom is -0.478 e. The maximum atomic E-state index is 12.3. The van der Waals surface area contributed by atoms with Crippen molar-refractivity contribution in [2.24, 2.45) is 11.1 Å². The zero-order valence-corrected chi connectivity index (χ0v) is 12.1. The summed E-state index contributed by atoms with van der Waals surface area (Å²) in [6.07, 6.45) is 1.21. The number of nitrogens with one attached hydrogen (secondary N) is 1. The highest BCUT2D eigenvalue weighted by atomic mass is 32.1. The molecule has 0 bridgehead atoms. The van der Waals surface area contributed by atoms with Crippen LogP contribution in [0.2, 0.25) is 0 Å². The van der Waals surface area contributed by atoms with Gasteiger partial charge in [0, 0.05) is 6.54 Å². The molecule has 0 aromatic carbocycles. The highest BCUT2D eigenvalue weighted by Gasteiger charge is 2.34. The number of nitrogens with two attached hydrogens (primary N) is 1. The first kappa shape index (κ1) is 15.6. The maximum absolute atomic E-state index is 12.3.